The number of hydrogen-bond donors (Lipinski definition) is 2. The van der Waals surface area contributed by atoms with Crippen molar-refractivity contribution in [2.24, 2.45) is 0 Å². The van der Waals surface area contributed by atoms with Crippen LogP contribution in [-0.4, -0.2) is 85.1 Å². The number of benzene rings is 2. The summed E-state index contributed by atoms with van der Waals surface area (Å²) in [5.74, 6) is 0. The van der Waals surface area contributed by atoms with Gasteiger partial charge in [0.25, 0.3) is 20.2 Å². The summed E-state index contributed by atoms with van der Waals surface area (Å²) in [4.78, 5) is -0.409. The van der Waals surface area contributed by atoms with Crippen LogP contribution in [0.5, 0.6) is 0 Å². The minimum absolute atomic E-state index is 0. The van der Waals surface area contributed by atoms with Gasteiger partial charge in [-0.25, -0.2) is 0 Å². The Morgan fingerprint density at radius 2 is 1.04 bits per heavy atom. The summed E-state index contributed by atoms with van der Waals surface area (Å²) in [6, 6.07) is 8.43. The van der Waals surface area contributed by atoms with E-state index in [4.69, 9.17) is 9.11 Å². The molecule has 0 spiro atoms. The van der Waals surface area contributed by atoms with Crippen molar-refractivity contribution in [3.63, 3.8) is 0 Å². The molecule has 0 atom stereocenters. The smallest absolute Gasteiger partial charge is 0.282 e. The third-order valence-corrected chi connectivity index (χ3v) is 5.12. The molecule has 3 rings (SSSR count). The molecule has 0 amide bonds. The number of rotatable bonds is 2. The molecule has 0 aromatic heterocycles. The van der Waals surface area contributed by atoms with Crippen LogP contribution in [0.25, 0.3) is 11.1 Å². The van der Waals surface area contributed by atoms with Gasteiger partial charge in [0.1, 0.15) is 0 Å². The predicted octanol–water partition coefficient (Wildman–Crippen LogP) is 0.990. The summed E-state index contributed by atoms with van der Waals surface area (Å²) in [6.45, 7) is 0. The molecule has 2 radical (unpaired) electrons. The van der Waals surface area contributed by atoms with Gasteiger partial charge in [0.05, 0.1) is 9.79 Å². The van der Waals surface area contributed by atoms with Crippen molar-refractivity contribution >= 4 is 79.4 Å². The van der Waals surface area contributed by atoms with Crippen molar-refractivity contribution in [1.82, 2.24) is 0 Å². The molecule has 0 aliphatic heterocycles. The largest absolute Gasteiger partial charge is 0.294 e. The Balaban J connectivity index is 0.00000132. The summed E-state index contributed by atoms with van der Waals surface area (Å²) in [7, 11) is -8.56. The molecule has 0 bridgehead atoms. The van der Waals surface area contributed by atoms with Crippen LogP contribution in [0.3, 0.4) is 0 Å². The Morgan fingerprint density at radius 3 is 1.35 bits per heavy atom. The predicted molar refractivity (Wildman–Crippen MR) is 85.8 cm³/mol. The molecule has 0 heterocycles. The first-order valence-electron chi connectivity index (χ1n) is 5.87. The van der Waals surface area contributed by atoms with Crippen LogP contribution in [0.4, 0.5) is 0 Å². The summed E-state index contributed by atoms with van der Waals surface area (Å²) < 4.78 is 62.6. The van der Waals surface area contributed by atoms with Crippen LogP contribution in [0.1, 0.15) is 11.1 Å². The van der Waals surface area contributed by atoms with Crippen molar-refractivity contribution in [2.45, 2.75) is 16.2 Å². The van der Waals surface area contributed by atoms with Crippen LogP contribution in [-0.2, 0) is 26.7 Å². The standard InChI is InChI=1S/C13H10O6S2.2Na/c14-20(15,16)10-1-3-12-8(6-10)5-9-7-11(21(17,18)19)2-4-13(9)12;;/h1-4,6-7H,5H2,(H,14,15,16)(H,17,18,19);;. The summed E-state index contributed by atoms with van der Waals surface area (Å²) in [5.41, 5.74) is 2.90. The molecule has 0 saturated heterocycles. The maximum atomic E-state index is 11.1. The van der Waals surface area contributed by atoms with Gasteiger partial charge in [0, 0.05) is 59.1 Å². The summed E-state index contributed by atoms with van der Waals surface area (Å²) in [5, 5.41) is 0. The van der Waals surface area contributed by atoms with E-state index in [1.807, 2.05) is 0 Å². The van der Waals surface area contributed by atoms with Crippen molar-refractivity contribution in [1.29, 1.82) is 0 Å². The Hall–Kier alpha value is 0.260. The Bertz CT molecular complexity index is 888. The molecule has 1 aliphatic carbocycles. The molecular weight excluding hydrogens is 362 g/mol. The monoisotopic (exact) mass is 372 g/mol. The zero-order valence-electron chi connectivity index (χ0n) is 12.5. The van der Waals surface area contributed by atoms with Crippen LogP contribution < -0.4 is 0 Å². The first-order valence-corrected chi connectivity index (χ1v) is 8.75. The average molecular weight is 372 g/mol. The maximum absolute atomic E-state index is 11.1. The van der Waals surface area contributed by atoms with E-state index >= 15 is 0 Å². The van der Waals surface area contributed by atoms with Crippen LogP contribution in [0, 0.1) is 0 Å². The van der Waals surface area contributed by atoms with E-state index in [2.05, 4.69) is 0 Å². The van der Waals surface area contributed by atoms with Gasteiger partial charge in [-0.3, -0.25) is 9.11 Å². The molecule has 2 aromatic rings. The quantitative estimate of drug-likeness (QED) is 0.513. The SMILES string of the molecule is O=S(=O)(O)c1ccc2c(c1)Cc1cc(S(=O)(=O)O)ccc1-2.[Na].[Na]. The Kier molecular flexibility index (Phi) is 6.71. The van der Waals surface area contributed by atoms with E-state index < -0.39 is 20.2 Å². The van der Waals surface area contributed by atoms with Gasteiger partial charge in [-0.15, -0.1) is 0 Å². The van der Waals surface area contributed by atoms with E-state index in [-0.39, 0.29) is 68.9 Å². The Morgan fingerprint density at radius 1 is 0.696 bits per heavy atom. The van der Waals surface area contributed by atoms with Gasteiger partial charge < -0.3 is 0 Å². The van der Waals surface area contributed by atoms with Gasteiger partial charge in [-0.05, 0) is 52.9 Å². The van der Waals surface area contributed by atoms with Crippen LogP contribution in [0.2, 0.25) is 0 Å². The average Bonchev–Trinajstić information content (AvgIpc) is 2.73. The topological polar surface area (TPSA) is 109 Å². The molecule has 23 heavy (non-hydrogen) atoms. The van der Waals surface area contributed by atoms with Gasteiger partial charge in [-0.2, -0.15) is 16.8 Å². The zero-order chi connectivity index (χ0) is 15.4. The number of fused-ring (bicyclic) bond motifs is 3. The maximum Gasteiger partial charge on any atom is 0.294 e. The third kappa shape index (κ3) is 4.27. The molecule has 1 aliphatic rings. The van der Waals surface area contributed by atoms with E-state index in [9.17, 15) is 16.8 Å². The summed E-state index contributed by atoms with van der Waals surface area (Å²) >= 11 is 0. The second-order valence-electron chi connectivity index (χ2n) is 4.76. The first-order chi connectivity index (χ1) is 9.66. The molecule has 112 valence electrons. The molecule has 0 unspecified atom stereocenters. The molecule has 2 aromatic carbocycles. The Labute approximate surface area is 178 Å². The molecule has 6 nitrogen and oxygen atoms in total. The van der Waals surface area contributed by atoms with Crippen LogP contribution in [0.15, 0.2) is 46.2 Å². The van der Waals surface area contributed by atoms with Crippen LogP contribution >= 0.6 is 0 Å². The summed E-state index contributed by atoms with van der Waals surface area (Å²) in [6.07, 6.45) is 0.331. The molecule has 2 N–H and O–H groups in total. The molecule has 0 saturated carbocycles. The van der Waals surface area contributed by atoms with Crippen molar-refractivity contribution in [3.8, 4) is 11.1 Å². The number of hydrogen-bond acceptors (Lipinski definition) is 4. The fourth-order valence-corrected chi connectivity index (χ4v) is 3.55. The first kappa shape index (κ1) is 21.3. The minimum Gasteiger partial charge on any atom is -0.282 e. The molecular formula is C13H10Na2O6S2. The normalized spacial score (nSPS) is 12.6. The van der Waals surface area contributed by atoms with Crippen molar-refractivity contribution < 1.29 is 25.9 Å². The molecule has 10 heteroatoms. The van der Waals surface area contributed by atoms with E-state index in [1.165, 1.54) is 24.3 Å². The fraction of sp³-hybridized carbons (Fsp3) is 0.0769. The second-order valence-corrected chi connectivity index (χ2v) is 7.61. The second kappa shape index (κ2) is 7.25. The zero-order valence-corrected chi connectivity index (χ0v) is 18.1. The third-order valence-electron chi connectivity index (χ3n) is 3.42. The van der Waals surface area contributed by atoms with Gasteiger partial charge in [0.2, 0.25) is 0 Å². The van der Waals surface area contributed by atoms with E-state index in [0.717, 1.165) is 11.1 Å². The molecule has 0 fully saturated rings. The van der Waals surface area contributed by atoms with Crippen molar-refractivity contribution in [2.75, 3.05) is 0 Å². The fourth-order valence-electron chi connectivity index (χ4n) is 2.48. The van der Waals surface area contributed by atoms with E-state index in [1.54, 1.807) is 12.1 Å². The van der Waals surface area contributed by atoms with E-state index in [0.29, 0.717) is 17.5 Å². The van der Waals surface area contributed by atoms with Crippen molar-refractivity contribution in [3.05, 3.63) is 47.5 Å². The van der Waals surface area contributed by atoms with Gasteiger partial charge >= 0.3 is 0 Å². The minimum atomic E-state index is -4.28. The van der Waals surface area contributed by atoms with Gasteiger partial charge in [0.15, 0.2) is 0 Å². The van der Waals surface area contributed by atoms with Gasteiger partial charge in [-0.1, -0.05) is 12.1 Å².